The molecule has 5 rings (SSSR count). The minimum atomic E-state index is -0.627. The summed E-state index contributed by atoms with van der Waals surface area (Å²) in [5.74, 6) is 1.32. The first-order chi connectivity index (χ1) is 14.8. The molecule has 0 amide bonds. The van der Waals surface area contributed by atoms with Gasteiger partial charge in [0.25, 0.3) is 0 Å². The number of pyridine rings is 1. The fraction of sp³-hybridized carbons (Fsp3) is 0.208. The summed E-state index contributed by atoms with van der Waals surface area (Å²) < 4.78 is 11.8. The monoisotopic (exact) mass is 399 g/mol. The van der Waals surface area contributed by atoms with Crippen LogP contribution in [0.5, 0.6) is 11.5 Å². The molecule has 0 unspecified atom stereocenters. The molecule has 3 heterocycles. The van der Waals surface area contributed by atoms with Gasteiger partial charge in [-0.05, 0) is 48.4 Å². The van der Waals surface area contributed by atoms with Gasteiger partial charge in [-0.1, -0.05) is 18.2 Å². The first-order valence-electron chi connectivity index (χ1n) is 9.93. The van der Waals surface area contributed by atoms with E-state index in [1.54, 1.807) is 12.4 Å². The quantitative estimate of drug-likeness (QED) is 0.549. The minimum absolute atomic E-state index is 0.0386. The van der Waals surface area contributed by atoms with E-state index in [0.717, 1.165) is 27.9 Å². The number of rotatable bonds is 5. The first kappa shape index (κ1) is 18.5. The van der Waals surface area contributed by atoms with Crippen LogP contribution in [-0.2, 0) is 13.0 Å². The molecule has 6 nitrogen and oxygen atoms in total. The van der Waals surface area contributed by atoms with E-state index in [9.17, 15) is 5.11 Å². The molecule has 1 aliphatic heterocycles. The van der Waals surface area contributed by atoms with Crippen LogP contribution in [0.15, 0.2) is 73.2 Å². The van der Waals surface area contributed by atoms with Crippen LogP contribution in [0.25, 0.3) is 11.0 Å². The fourth-order valence-corrected chi connectivity index (χ4v) is 3.74. The number of aromatic nitrogens is 3. The van der Waals surface area contributed by atoms with Crippen molar-refractivity contribution in [3.05, 3.63) is 90.0 Å². The Bertz CT molecular complexity index is 1170. The number of para-hydroxylation sites is 2. The maximum Gasteiger partial charge on any atom is 0.132 e. The SMILES string of the molecule is O[C@@H]1c2cc(OCc3cnc4ccccc4n3)ccc2OC[C@H]1Cc1cccnc1. The van der Waals surface area contributed by atoms with Gasteiger partial charge >= 0.3 is 0 Å². The smallest absolute Gasteiger partial charge is 0.132 e. The Morgan fingerprint density at radius 1 is 1.03 bits per heavy atom. The molecule has 0 radical (unpaired) electrons. The van der Waals surface area contributed by atoms with Crippen molar-refractivity contribution in [1.82, 2.24) is 15.0 Å². The van der Waals surface area contributed by atoms with Gasteiger partial charge in [0.2, 0.25) is 0 Å². The van der Waals surface area contributed by atoms with Gasteiger partial charge in [0.05, 0.1) is 35.6 Å². The zero-order chi connectivity index (χ0) is 20.3. The second kappa shape index (κ2) is 8.08. The van der Waals surface area contributed by atoms with Crippen molar-refractivity contribution in [1.29, 1.82) is 0 Å². The van der Waals surface area contributed by atoms with Crippen molar-refractivity contribution in [3.8, 4) is 11.5 Å². The van der Waals surface area contributed by atoms with Crippen LogP contribution in [0.3, 0.4) is 0 Å². The highest BCUT2D eigenvalue weighted by Gasteiger charge is 2.30. The Labute approximate surface area is 174 Å². The largest absolute Gasteiger partial charge is 0.493 e. The Balaban J connectivity index is 1.30. The molecular formula is C24H21N3O3. The summed E-state index contributed by atoms with van der Waals surface area (Å²) >= 11 is 0. The van der Waals surface area contributed by atoms with Crippen LogP contribution < -0.4 is 9.47 Å². The topological polar surface area (TPSA) is 77.4 Å². The third-order valence-electron chi connectivity index (χ3n) is 5.31. The molecule has 2 aromatic heterocycles. The van der Waals surface area contributed by atoms with E-state index in [2.05, 4.69) is 15.0 Å². The third-order valence-corrected chi connectivity index (χ3v) is 5.31. The van der Waals surface area contributed by atoms with Crippen LogP contribution in [0.2, 0.25) is 0 Å². The first-order valence-corrected chi connectivity index (χ1v) is 9.93. The molecule has 4 aromatic rings. The minimum Gasteiger partial charge on any atom is -0.493 e. The molecule has 1 N–H and O–H groups in total. The number of ether oxygens (including phenoxy) is 2. The average Bonchev–Trinajstić information content (AvgIpc) is 2.80. The maximum atomic E-state index is 10.9. The summed E-state index contributed by atoms with van der Waals surface area (Å²) in [7, 11) is 0. The number of nitrogens with zero attached hydrogens (tertiary/aromatic N) is 3. The number of aliphatic hydroxyl groups excluding tert-OH is 1. The van der Waals surface area contributed by atoms with Crippen LogP contribution in [0.1, 0.15) is 22.9 Å². The van der Waals surface area contributed by atoms with Crippen molar-refractivity contribution in [2.45, 2.75) is 19.1 Å². The van der Waals surface area contributed by atoms with Crippen LogP contribution >= 0.6 is 0 Å². The van der Waals surface area contributed by atoms with Crippen molar-refractivity contribution in [2.24, 2.45) is 5.92 Å². The van der Waals surface area contributed by atoms with E-state index in [4.69, 9.17) is 9.47 Å². The van der Waals surface area contributed by atoms with E-state index >= 15 is 0 Å². The van der Waals surface area contributed by atoms with Gasteiger partial charge in [-0.2, -0.15) is 0 Å². The van der Waals surface area contributed by atoms with Crippen molar-refractivity contribution in [3.63, 3.8) is 0 Å². The Hall–Kier alpha value is -3.51. The highest BCUT2D eigenvalue weighted by atomic mass is 16.5. The molecule has 0 saturated heterocycles. The number of hydrogen-bond donors (Lipinski definition) is 1. The van der Waals surface area contributed by atoms with Gasteiger partial charge in [0, 0.05) is 23.9 Å². The molecule has 0 spiro atoms. The van der Waals surface area contributed by atoms with Crippen LogP contribution in [-0.4, -0.2) is 26.7 Å². The Morgan fingerprint density at radius 2 is 1.93 bits per heavy atom. The molecule has 1 aliphatic rings. The second-order valence-electron chi connectivity index (χ2n) is 7.42. The molecule has 2 atom stereocenters. The Morgan fingerprint density at radius 3 is 2.80 bits per heavy atom. The van der Waals surface area contributed by atoms with Gasteiger partial charge in [-0.3, -0.25) is 9.97 Å². The zero-order valence-corrected chi connectivity index (χ0v) is 16.3. The number of aliphatic hydroxyl groups is 1. The van der Waals surface area contributed by atoms with Crippen molar-refractivity contribution >= 4 is 11.0 Å². The molecule has 150 valence electrons. The maximum absolute atomic E-state index is 10.9. The summed E-state index contributed by atoms with van der Waals surface area (Å²) in [4.78, 5) is 13.2. The molecule has 0 aliphatic carbocycles. The van der Waals surface area contributed by atoms with E-state index in [1.165, 1.54) is 0 Å². The van der Waals surface area contributed by atoms with Gasteiger partial charge in [0.1, 0.15) is 18.1 Å². The number of benzene rings is 2. The summed E-state index contributed by atoms with van der Waals surface area (Å²) in [6.07, 6.45) is 5.37. The van der Waals surface area contributed by atoms with Gasteiger partial charge in [-0.25, -0.2) is 4.98 Å². The average molecular weight is 399 g/mol. The normalized spacial score (nSPS) is 17.9. The lowest BCUT2D eigenvalue weighted by atomic mass is 9.88. The summed E-state index contributed by atoms with van der Waals surface area (Å²) in [6.45, 7) is 0.766. The van der Waals surface area contributed by atoms with E-state index in [1.807, 2.05) is 60.8 Å². The number of hydrogen-bond acceptors (Lipinski definition) is 6. The third kappa shape index (κ3) is 3.82. The fourth-order valence-electron chi connectivity index (χ4n) is 3.74. The molecule has 0 fully saturated rings. The van der Waals surface area contributed by atoms with E-state index in [0.29, 0.717) is 31.1 Å². The molecule has 2 aromatic carbocycles. The van der Waals surface area contributed by atoms with E-state index < -0.39 is 6.10 Å². The number of fused-ring (bicyclic) bond motifs is 2. The Kier molecular flexibility index (Phi) is 4.99. The van der Waals surface area contributed by atoms with Gasteiger partial charge in [-0.15, -0.1) is 0 Å². The lowest BCUT2D eigenvalue weighted by Gasteiger charge is -2.30. The molecule has 30 heavy (non-hydrogen) atoms. The van der Waals surface area contributed by atoms with Crippen molar-refractivity contribution < 1.29 is 14.6 Å². The lowest BCUT2D eigenvalue weighted by Crippen LogP contribution is -2.27. The molecular weight excluding hydrogens is 378 g/mol. The van der Waals surface area contributed by atoms with Gasteiger partial charge < -0.3 is 14.6 Å². The summed E-state index contributed by atoms with van der Waals surface area (Å²) in [5, 5.41) is 10.9. The summed E-state index contributed by atoms with van der Waals surface area (Å²) in [5.41, 5.74) is 4.27. The molecule has 0 bridgehead atoms. The van der Waals surface area contributed by atoms with E-state index in [-0.39, 0.29) is 5.92 Å². The van der Waals surface area contributed by atoms with Crippen LogP contribution in [0.4, 0.5) is 0 Å². The van der Waals surface area contributed by atoms with Crippen LogP contribution in [0, 0.1) is 5.92 Å². The molecule has 6 heteroatoms. The summed E-state index contributed by atoms with van der Waals surface area (Å²) in [6, 6.07) is 17.2. The van der Waals surface area contributed by atoms with Gasteiger partial charge in [0.15, 0.2) is 0 Å². The molecule has 0 saturated carbocycles. The highest BCUT2D eigenvalue weighted by Crippen LogP contribution is 2.39. The predicted octanol–water partition coefficient (Wildman–Crippen LogP) is 3.89. The lowest BCUT2D eigenvalue weighted by molar-refractivity contribution is 0.0504. The predicted molar refractivity (Wildman–Crippen MR) is 112 cm³/mol. The second-order valence-corrected chi connectivity index (χ2v) is 7.42. The highest BCUT2D eigenvalue weighted by molar-refractivity contribution is 5.73. The standard InChI is InChI=1S/C24H21N3O3/c28-24-17(10-16-4-3-9-25-12-16)14-30-23-8-7-19(11-20(23)24)29-15-18-13-26-21-5-1-2-6-22(21)27-18/h1-9,11-13,17,24,28H,10,14-15H2/t17-,24+/m1/s1. The zero-order valence-electron chi connectivity index (χ0n) is 16.3. The van der Waals surface area contributed by atoms with Crippen molar-refractivity contribution in [2.75, 3.05) is 6.61 Å².